The van der Waals surface area contributed by atoms with Gasteiger partial charge in [0.1, 0.15) is 11.3 Å². The van der Waals surface area contributed by atoms with Gasteiger partial charge in [-0.05, 0) is 52.3 Å². The maximum absolute atomic E-state index is 11.7. The summed E-state index contributed by atoms with van der Waals surface area (Å²) in [5, 5.41) is 12.0. The van der Waals surface area contributed by atoms with Crippen LogP contribution in [-0.4, -0.2) is 19.8 Å². The second-order valence-electron chi connectivity index (χ2n) is 4.82. The Hall–Kier alpha value is -1.47. The van der Waals surface area contributed by atoms with Crippen molar-refractivity contribution in [2.45, 2.75) is 3.79 Å². The smallest absolute Gasteiger partial charge is 0.276 e. The van der Waals surface area contributed by atoms with Gasteiger partial charge in [0.05, 0.1) is 4.47 Å². The van der Waals surface area contributed by atoms with Gasteiger partial charge in [-0.1, -0.05) is 34.8 Å². The van der Waals surface area contributed by atoms with Gasteiger partial charge >= 0.3 is 0 Å². The van der Waals surface area contributed by atoms with Crippen LogP contribution in [0.4, 0.5) is 5.69 Å². The molecule has 1 amide bonds. The first-order valence-electron chi connectivity index (χ1n) is 6.52. The average Bonchev–Trinajstić information content (AvgIpc) is 2.92. The summed E-state index contributed by atoms with van der Waals surface area (Å²) in [7, 11) is 0. The van der Waals surface area contributed by atoms with E-state index in [1.54, 1.807) is 30.3 Å². The predicted octanol–water partition coefficient (Wildman–Crippen LogP) is 5.27. The third-order valence-corrected chi connectivity index (χ3v) is 4.25. The molecule has 0 saturated heterocycles. The molecule has 124 valence electrons. The number of benzene rings is 2. The number of nitrogens with one attached hydrogen (secondary N) is 1. The van der Waals surface area contributed by atoms with Crippen molar-refractivity contribution < 1.29 is 14.3 Å². The SMILES string of the molecule is O=C(Nc1ccc2oc(-c3ccc(O)c(Br)c3)nc2c1)C(Cl)(Cl)Cl. The zero-order chi connectivity index (χ0) is 17.5. The quantitative estimate of drug-likeness (QED) is 0.522. The minimum Gasteiger partial charge on any atom is -0.507 e. The van der Waals surface area contributed by atoms with E-state index in [2.05, 4.69) is 26.2 Å². The van der Waals surface area contributed by atoms with Crippen molar-refractivity contribution in [2.24, 2.45) is 0 Å². The summed E-state index contributed by atoms with van der Waals surface area (Å²) in [6.45, 7) is 0. The molecule has 24 heavy (non-hydrogen) atoms. The van der Waals surface area contributed by atoms with Gasteiger partial charge in [-0.15, -0.1) is 0 Å². The molecule has 5 nitrogen and oxygen atoms in total. The van der Waals surface area contributed by atoms with Crippen molar-refractivity contribution in [1.82, 2.24) is 4.98 Å². The van der Waals surface area contributed by atoms with Crippen LogP contribution >= 0.6 is 50.7 Å². The van der Waals surface area contributed by atoms with Crippen LogP contribution in [0.15, 0.2) is 45.3 Å². The van der Waals surface area contributed by atoms with Crippen LogP contribution in [0.25, 0.3) is 22.6 Å². The van der Waals surface area contributed by atoms with Gasteiger partial charge < -0.3 is 14.8 Å². The first-order chi connectivity index (χ1) is 11.2. The minimum atomic E-state index is -2.05. The largest absolute Gasteiger partial charge is 0.507 e. The second kappa shape index (κ2) is 6.44. The van der Waals surface area contributed by atoms with Crippen LogP contribution in [0.2, 0.25) is 0 Å². The molecule has 0 aliphatic carbocycles. The molecular formula is C15H8BrCl3N2O3. The molecule has 0 fully saturated rings. The molecule has 0 saturated carbocycles. The summed E-state index contributed by atoms with van der Waals surface area (Å²) in [5.41, 5.74) is 2.16. The van der Waals surface area contributed by atoms with Crippen LogP contribution in [0.1, 0.15) is 0 Å². The molecule has 2 N–H and O–H groups in total. The van der Waals surface area contributed by atoms with Crippen molar-refractivity contribution in [3.05, 3.63) is 40.9 Å². The van der Waals surface area contributed by atoms with Crippen molar-refractivity contribution >= 4 is 73.4 Å². The highest BCUT2D eigenvalue weighted by atomic mass is 79.9. The molecule has 0 spiro atoms. The van der Waals surface area contributed by atoms with E-state index in [4.69, 9.17) is 39.2 Å². The van der Waals surface area contributed by atoms with Crippen molar-refractivity contribution in [2.75, 3.05) is 5.32 Å². The van der Waals surface area contributed by atoms with Crippen molar-refractivity contribution in [3.8, 4) is 17.2 Å². The molecule has 0 radical (unpaired) electrons. The fourth-order valence-electron chi connectivity index (χ4n) is 1.97. The number of oxazole rings is 1. The maximum Gasteiger partial charge on any atom is 0.276 e. The standard InChI is InChI=1S/C15H8BrCl3N2O3/c16-9-5-7(1-3-11(9)22)13-21-10-6-8(2-4-12(10)24-13)20-14(23)15(17,18)19/h1-6,22H,(H,20,23). The fraction of sp³-hybridized carbons (Fsp3) is 0.0667. The molecule has 1 aromatic heterocycles. The Kier molecular flexibility index (Phi) is 4.66. The number of fused-ring (bicyclic) bond motifs is 1. The van der Waals surface area contributed by atoms with Crippen molar-refractivity contribution in [3.63, 3.8) is 0 Å². The number of aromatic nitrogens is 1. The number of rotatable bonds is 2. The van der Waals surface area contributed by atoms with Gasteiger partial charge in [0, 0.05) is 11.3 Å². The molecule has 0 unspecified atom stereocenters. The zero-order valence-corrected chi connectivity index (χ0v) is 15.5. The number of carbonyl (C=O) groups is 1. The highest BCUT2D eigenvalue weighted by molar-refractivity contribution is 9.10. The third kappa shape index (κ3) is 3.62. The molecule has 0 atom stereocenters. The first kappa shape index (κ1) is 17.4. The molecular weight excluding hydrogens is 442 g/mol. The van der Waals surface area contributed by atoms with Gasteiger partial charge in [0.2, 0.25) is 5.89 Å². The Morgan fingerprint density at radius 3 is 2.62 bits per heavy atom. The van der Waals surface area contributed by atoms with E-state index in [0.717, 1.165) is 0 Å². The summed E-state index contributed by atoms with van der Waals surface area (Å²) < 4.78 is 4.14. The van der Waals surface area contributed by atoms with Gasteiger partial charge in [-0.3, -0.25) is 4.79 Å². The van der Waals surface area contributed by atoms with Crippen LogP contribution in [0, 0.1) is 0 Å². The summed E-state index contributed by atoms with van der Waals surface area (Å²) >= 11 is 19.8. The van der Waals surface area contributed by atoms with Gasteiger partial charge in [-0.25, -0.2) is 4.98 Å². The molecule has 3 aromatic rings. The van der Waals surface area contributed by atoms with Gasteiger partial charge in [0.25, 0.3) is 9.70 Å². The Bertz CT molecular complexity index is 937. The second-order valence-corrected chi connectivity index (χ2v) is 7.96. The lowest BCUT2D eigenvalue weighted by Crippen LogP contribution is -2.26. The number of carbonyl (C=O) groups excluding carboxylic acids is 1. The Morgan fingerprint density at radius 1 is 1.21 bits per heavy atom. The summed E-state index contributed by atoms with van der Waals surface area (Å²) in [5.74, 6) is -0.278. The summed E-state index contributed by atoms with van der Waals surface area (Å²) in [4.78, 5) is 16.1. The highest BCUT2D eigenvalue weighted by Crippen LogP contribution is 2.32. The van der Waals surface area contributed by atoms with Crippen LogP contribution in [0.3, 0.4) is 0 Å². The number of nitrogens with zero attached hydrogens (tertiary/aromatic N) is 1. The predicted molar refractivity (Wildman–Crippen MR) is 97.7 cm³/mol. The summed E-state index contributed by atoms with van der Waals surface area (Å²) in [6, 6.07) is 9.75. The Morgan fingerprint density at radius 2 is 1.96 bits per heavy atom. The van der Waals surface area contributed by atoms with E-state index in [1.807, 2.05) is 0 Å². The number of aromatic hydroxyl groups is 1. The topological polar surface area (TPSA) is 75.4 Å². The lowest BCUT2D eigenvalue weighted by atomic mass is 10.2. The number of hydrogen-bond donors (Lipinski definition) is 2. The molecule has 0 aliphatic heterocycles. The molecule has 1 heterocycles. The van der Waals surface area contributed by atoms with Crippen LogP contribution in [-0.2, 0) is 4.79 Å². The van der Waals surface area contributed by atoms with E-state index < -0.39 is 9.70 Å². The van der Waals surface area contributed by atoms with E-state index in [0.29, 0.717) is 32.7 Å². The number of anilines is 1. The number of phenols is 1. The number of hydrogen-bond acceptors (Lipinski definition) is 4. The Balaban J connectivity index is 1.94. The van der Waals surface area contributed by atoms with E-state index in [-0.39, 0.29) is 5.75 Å². The van der Waals surface area contributed by atoms with Gasteiger partial charge in [0.15, 0.2) is 5.58 Å². The summed E-state index contributed by atoms with van der Waals surface area (Å²) in [6.07, 6.45) is 0. The average molecular weight is 451 g/mol. The van der Waals surface area contributed by atoms with Gasteiger partial charge in [-0.2, -0.15) is 0 Å². The molecule has 2 aromatic carbocycles. The molecule has 0 bridgehead atoms. The van der Waals surface area contributed by atoms with Crippen LogP contribution < -0.4 is 5.32 Å². The number of halogens is 4. The third-order valence-electron chi connectivity index (χ3n) is 3.10. The normalized spacial score (nSPS) is 11.7. The molecule has 0 aliphatic rings. The van der Waals surface area contributed by atoms with E-state index in [1.165, 1.54) is 6.07 Å². The maximum atomic E-state index is 11.7. The number of alkyl halides is 3. The zero-order valence-electron chi connectivity index (χ0n) is 11.7. The lowest BCUT2D eigenvalue weighted by Gasteiger charge is -2.10. The fourth-order valence-corrected chi connectivity index (χ4v) is 2.49. The molecule has 9 heteroatoms. The van der Waals surface area contributed by atoms with Crippen LogP contribution in [0.5, 0.6) is 5.75 Å². The van der Waals surface area contributed by atoms with E-state index in [9.17, 15) is 9.90 Å². The lowest BCUT2D eigenvalue weighted by molar-refractivity contribution is -0.115. The number of phenolic OH excluding ortho intramolecular Hbond substituents is 1. The number of amides is 1. The monoisotopic (exact) mass is 448 g/mol. The minimum absolute atomic E-state index is 0.117. The van der Waals surface area contributed by atoms with E-state index >= 15 is 0 Å². The highest BCUT2D eigenvalue weighted by Gasteiger charge is 2.30. The Labute approximate surface area is 159 Å². The first-order valence-corrected chi connectivity index (χ1v) is 8.44. The molecule has 3 rings (SSSR count). The van der Waals surface area contributed by atoms with Crippen molar-refractivity contribution in [1.29, 1.82) is 0 Å².